The van der Waals surface area contributed by atoms with Gasteiger partial charge in [0.1, 0.15) is 0 Å². The van der Waals surface area contributed by atoms with Gasteiger partial charge >= 0.3 is 4.83 Å². The zero-order chi connectivity index (χ0) is 16.3. The van der Waals surface area contributed by atoms with Gasteiger partial charge in [-0.25, -0.2) is 0 Å². The first-order valence-electron chi connectivity index (χ1n) is 7.14. The van der Waals surface area contributed by atoms with Crippen molar-refractivity contribution in [3.05, 3.63) is 90.5 Å². The lowest BCUT2D eigenvalue weighted by Crippen LogP contribution is -2.26. The zero-order valence-electron chi connectivity index (χ0n) is 12.6. The lowest BCUT2D eigenvalue weighted by Gasteiger charge is -2.23. The summed E-state index contributed by atoms with van der Waals surface area (Å²) in [5.41, 5.74) is 0.0267. The number of rotatable bonds is 4. The Bertz CT molecular complexity index is 735. The van der Waals surface area contributed by atoms with Crippen LogP contribution < -0.4 is 15.9 Å². The van der Waals surface area contributed by atoms with E-state index in [1.165, 1.54) is 6.07 Å². The number of hydrogen-bond donors (Lipinski definition) is 0. The molecule has 3 aromatic carbocycles. The minimum absolute atomic E-state index is 0. The summed E-state index contributed by atoms with van der Waals surface area (Å²) < 4.78 is 28.1. The van der Waals surface area contributed by atoms with Crippen LogP contribution >= 0.6 is 40.8 Å². The van der Waals surface area contributed by atoms with Gasteiger partial charge in [-0.3, -0.25) is 0 Å². The van der Waals surface area contributed by atoms with Gasteiger partial charge < -0.3 is 0 Å². The molecule has 0 spiro atoms. The summed E-state index contributed by atoms with van der Waals surface area (Å²) in [5, 5.41) is 2.78. The van der Waals surface area contributed by atoms with Gasteiger partial charge in [0.2, 0.25) is 0 Å². The van der Waals surface area contributed by atoms with E-state index in [-0.39, 0.29) is 22.5 Å². The second kappa shape index (κ2) is 8.33. The molecule has 124 valence electrons. The van der Waals surface area contributed by atoms with Crippen LogP contribution in [-0.2, 0) is 4.83 Å². The normalized spacial score (nSPS) is 11.2. The van der Waals surface area contributed by atoms with Crippen LogP contribution in [0.4, 0.5) is 8.78 Å². The van der Waals surface area contributed by atoms with Crippen molar-refractivity contribution < 1.29 is 8.78 Å². The molecular weight excluding hydrogens is 457 g/mol. The minimum atomic E-state index is -3.05. The largest absolute Gasteiger partial charge is 0.327 e. The Morgan fingerprint density at radius 3 is 1.54 bits per heavy atom. The van der Waals surface area contributed by atoms with Crippen LogP contribution in [0, 0.1) is 0 Å². The second-order valence-corrected chi connectivity index (χ2v) is 8.20. The van der Waals surface area contributed by atoms with E-state index in [0.29, 0.717) is 5.30 Å². The average Bonchev–Trinajstić information content (AvgIpc) is 2.57. The van der Waals surface area contributed by atoms with E-state index in [2.05, 4.69) is 15.9 Å². The summed E-state index contributed by atoms with van der Waals surface area (Å²) in [4.78, 5) is -3.05. The highest BCUT2D eigenvalue weighted by Crippen LogP contribution is 2.41. The molecule has 0 unspecified atom stereocenters. The summed E-state index contributed by atoms with van der Waals surface area (Å²) in [6.07, 6.45) is 0. The van der Waals surface area contributed by atoms with Crippen LogP contribution in [0.1, 0.15) is 5.56 Å². The van der Waals surface area contributed by atoms with Crippen LogP contribution in [0.15, 0.2) is 84.9 Å². The Labute approximate surface area is 160 Å². The van der Waals surface area contributed by atoms with Crippen molar-refractivity contribution in [1.29, 1.82) is 0 Å². The van der Waals surface area contributed by atoms with Gasteiger partial charge in [-0.05, 0) is 39.8 Å². The molecule has 24 heavy (non-hydrogen) atoms. The van der Waals surface area contributed by atoms with E-state index in [0.717, 1.165) is 10.6 Å². The van der Waals surface area contributed by atoms with E-state index in [4.69, 9.17) is 0 Å². The molecule has 0 amide bonds. The molecule has 0 aromatic heterocycles. The van der Waals surface area contributed by atoms with Gasteiger partial charge in [-0.15, -0.1) is 17.0 Å². The molecule has 0 saturated carbocycles. The third-order valence-electron chi connectivity index (χ3n) is 3.48. The van der Waals surface area contributed by atoms with Crippen LogP contribution in [0.5, 0.6) is 0 Å². The molecule has 0 nitrogen and oxygen atoms in total. The molecule has 0 radical (unpaired) electrons. The predicted molar refractivity (Wildman–Crippen MR) is 108 cm³/mol. The molecule has 0 fully saturated rings. The first-order valence-corrected chi connectivity index (χ1v) is 9.27. The summed E-state index contributed by atoms with van der Waals surface area (Å²) in [6, 6.07) is 26.4. The van der Waals surface area contributed by atoms with Crippen molar-refractivity contribution in [2.24, 2.45) is 0 Å². The number of hydrogen-bond acceptors (Lipinski definition) is 0. The SMILES string of the molecule is Br.FC(F)(Br)c1ccccc1P(c1ccccc1)c1ccccc1. The fourth-order valence-corrected chi connectivity index (χ4v) is 5.47. The lowest BCUT2D eigenvalue weighted by molar-refractivity contribution is 0.116. The third kappa shape index (κ3) is 4.30. The summed E-state index contributed by atoms with van der Waals surface area (Å²) >= 11 is 2.53. The number of benzene rings is 3. The minimum Gasteiger partial charge on any atom is -0.188 e. The fourth-order valence-electron chi connectivity index (χ4n) is 2.49. The molecule has 0 atom stereocenters. The van der Waals surface area contributed by atoms with Crippen molar-refractivity contribution in [2.75, 3.05) is 0 Å². The molecule has 0 aliphatic heterocycles. The van der Waals surface area contributed by atoms with Gasteiger partial charge in [-0.1, -0.05) is 84.9 Å². The molecule has 0 saturated heterocycles. The molecule has 0 aliphatic carbocycles. The van der Waals surface area contributed by atoms with Crippen molar-refractivity contribution in [1.82, 2.24) is 0 Å². The van der Waals surface area contributed by atoms with Crippen LogP contribution in [0.3, 0.4) is 0 Å². The Morgan fingerprint density at radius 2 is 1.08 bits per heavy atom. The topological polar surface area (TPSA) is 0 Å². The molecular formula is C19H15Br2F2P. The Hall–Kier alpha value is -1.09. The molecule has 3 aromatic rings. The zero-order valence-corrected chi connectivity index (χ0v) is 16.8. The van der Waals surface area contributed by atoms with Gasteiger partial charge in [0.25, 0.3) is 0 Å². The molecule has 0 bridgehead atoms. The highest BCUT2D eigenvalue weighted by atomic mass is 79.9. The highest BCUT2D eigenvalue weighted by molar-refractivity contribution is 9.09. The van der Waals surface area contributed by atoms with Crippen LogP contribution in [0.2, 0.25) is 0 Å². The van der Waals surface area contributed by atoms with E-state index in [9.17, 15) is 8.78 Å². The number of alkyl halides is 3. The first kappa shape index (κ1) is 19.2. The van der Waals surface area contributed by atoms with Crippen molar-refractivity contribution in [2.45, 2.75) is 4.83 Å². The van der Waals surface area contributed by atoms with Crippen molar-refractivity contribution >= 4 is 56.7 Å². The standard InChI is InChI=1S/C19H14BrF2P.BrH/c20-19(21,22)17-13-7-8-14-18(17)23(15-9-3-1-4-10-15)16-11-5-2-6-12-16;/h1-14H;1H. The van der Waals surface area contributed by atoms with E-state index in [1.807, 2.05) is 66.7 Å². The monoisotopic (exact) mass is 470 g/mol. The Balaban J connectivity index is 0.00000208. The fraction of sp³-hybridized carbons (Fsp3) is 0.0526. The van der Waals surface area contributed by atoms with E-state index in [1.54, 1.807) is 12.1 Å². The quantitative estimate of drug-likeness (QED) is 0.350. The summed E-state index contributed by atoms with van der Waals surface area (Å²) in [7, 11) is -1.04. The highest BCUT2D eigenvalue weighted by Gasteiger charge is 2.32. The number of halogens is 4. The maximum absolute atomic E-state index is 14.0. The lowest BCUT2D eigenvalue weighted by atomic mass is 10.2. The van der Waals surface area contributed by atoms with Crippen LogP contribution in [0.25, 0.3) is 0 Å². The van der Waals surface area contributed by atoms with E-state index >= 15 is 0 Å². The van der Waals surface area contributed by atoms with Gasteiger partial charge in [-0.2, -0.15) is 8.78 Å². The van der Waals surface area contributed by atoms with Gasteiger partial charge in [0, 0.05) is 5.56 Å². The smallest absolute Gasteiger partial charge is 0.188 e. The van der Waals surface area contributed by atoms with Crippen LogP contribution in [-0.4, -0.2) is 0 Å². The Morgan fingerprint density at radius 1 is 0.667 bits per heavy atom. The Kier molecular flexibility index (Phi) is 6.68. The summed E-state index contributed by atoms with van der Waals surface area (Å²) in [6.45, 7) is 0. The average molecular weight is 472 g/mol. The maximum atomic E-state index is 14.0. The maximum Gasteiger partial charge on any atom is 0.327 e. The first-order chi connectivity index (χ1) is 11.1. The predicted octanol–water partition coefficient (Wildman–Crippen LogP) is 5.47. The molecule has 0 aliphatic rings. The molecule has 0 N–H and O–H groups in total. The van der Waals surface area contributed by atoms with Crippen molar-refractivity contribution in [3.63, 3.8) is 0 Å². The second-order valence-electron chi connectivity index (χ2n) is 5.02. The molecule has 5 heteroatoms. The van der Waals surface area contributed by atoms with Crippen molar-refractivity contribution in [3.8, 4) is 0 Å². The van der Waals surface area contributed by atoms with Gasteiger partial charge in [0.05, 0.1) is 0 Å². The molecule has 3 rings (SSSR count). The summed E-state index contributed by atoms with van der Waals surface area (Å²) in [5.74, 6) is 0. The third-order valence-corrected chi connectivity index (χ3v) is 6.41. The molecule has 0 heterocycles. The van der Waals surface area contributed by atoms with E-state index < -0.39 is 12.8 Å². The van der Waals surface area contributed by atoms with Gasteiger partial charge in [0.15, 0.2) is 0 Å².